The molecule has 19 heavy (non-hydrogen) atoms. The molecule has 5 nitrogen and oxygen atoms in total. The minimum atomic E-state index is -0.850. The van der Waals surface area contributed by atoms with Crippen LogP contribution in [0.4, 0.5) is 5.00 Å². The third-order valence-corrected chi connectivity index (χ3v) is 4.01. The van der Waals surface area contributed by atoms with E-state index in [1.807, 2.05) is 13.0 Å². The molecule has 0 radical (unpaired) electrons. The second kappa shape index (κ2) is 7.13. The molecule has 0 saturated heterocycles. The number of hydrogen-bond acceptors (Lipinski definition) is 5. The fourth-order valence-electron chi connectivity index (χ4n) is 1.61. The van der Waals surface area contributed by atoms with Crippen molar-refractivity contribution in [2.75, 3.05) is 25.1 Å². The third-order valence-electron chi connectivity index (χ3n) is 2.62. The van der Waals surface area contributed by atoms with E-state index < -0.39 is 5.97 Å². The number of nitrogens with zero attached hydrogens (tertiary/aromatic N) is 1. The van der Waals surface area contributed by atoms with Crippen LogP contribution in [-0.4, -0.2) is 37.2 Å². The van der Waals surface area contributed by atoms with Crippen LogP contribution in [0, 0.1) is 0 Å². The molecule has 0 amide bonds. The Labute approximate surface area is 116 Å². The molecule has 1 aromatic rings. The minimum Gasteiger partial charge on any atom is -0.481 e. The van der Waals surface area contributed by atoms with E-state index in [0.717, 1.165) is 16.3 Å². The third kappa shape index (κ3) is 4.24. The molecule has 6 heteroatoms. The maximum Gasteiger partial charge on any atom is 0.341 e. The molecule has 0 bridgehead atoms. The lowest BCUT2D eigenvalue weighted by molar-refractivity contribution is -0.136. The van der Waals surface area contributed by atoms with Crippen LogP contribution >= 0.6 is 11.3 Å². The summed E-state index contributed by atoms with van der Waals surface area (Å²) in [6.07, 6.45) is 0.877. The summed E-state index contributed by atoms with van der Waals surface area (Å²) in [7, 11) is 1.79. The Hall–Kier alpha value is -1.56. The van der Waals surface area contributed by atoms with E-state index in [1.165, 1.54) is 11.3 Å². The van der Waals surface area contributed by atoms with Crippen LogP contribution in [0.1, 0.15) is 35.5 Å². The van der Waals surface area contributed by atoms with Crippen molar-refractivity contribution >= 4 is 28.3 Å². The molecular weight excluding hydrogens is 266 g/mol. The highest BCUT2D eigenvalue weighted by atomic mass is 32.1. The Balaban J connectivity index is 2.93. The Morgan fingerprint density at radius 3 is 2.63 bits per heavy atom. The Bertz CT molecular complexity index is 455. The molecule has 0 spiro atoms. The van der Waals surface area contributed by atoms with E-state index in [2.05, 4.69) is 0 Å². The van der Waals surface area contributed by atoms with Crippen LogP contribution in [-0.2, 0) is 16.0 Å². The van der Waals surface area contributed by atoms with E-state index in [-0.39, 0.29) is 12.4 Å². The molecule has 1 aromatic heterocycles. The molecule has 0 atom stereocenters. The molecule has 1 rings (SSSR count). The molecule has 0 aliphatic carbocycles. The van der Waals surface area contributed by atoms with E-state index in [4.69, 9.17) is 9.84 Å². The molecular formula is C13H19NO4S. The van der Waals surface area contributed by atoms with Crippen molar-refractivity contribution in [2.45, 2.75) is 26.7 Å². The zero-order chi connectivity index (χ0) is 14.4. The zero-order valence-electron chi connectivity index (χ0n) is 11.4. The number of carbonyl (C=O) groups is 2. The van der Waals surface area contributed by atoms with Gasteiger partial charge in [0.05, 0.1) is 18.6 Å². The topological polar surface area (TPSA) is 66.8 Å². The van der Waals surface area contributed by atoms with E-state index >= 15 is 0 Å². The van der Waals surface area contributed by atoms with Crippen molar-refractivity contribution in [3.63, 3.8) is 0 Å². The van der Waals surface area contributed by atoms with Crippen LogP contribution in [0.25, 0.3) is 0 Å². The van der Waals surface area contributed by atoms with Crippen molar-refractivity contribution in [2.24, 2.45) is 0 Å². The summed E-state index contributed by atoms with van der Waals surface area (Å²) in [6.45, 7) is 4.47. The van der Waals surface area contributed by atoms with Crippen molar-refractivity contribution in [3.8, 4) is 0 Å². The number of hydrogen-bond donors (Lipinski definition) is 1. The van der Waals surface area contributed by atoms with E-state index in [1.54, 1.807) is 18.9 Å². The summed E-state index contributed by atoms with van der Waals surface area (Å²) in [5.74, 6) is -1.20. The Morgan fingerprint density at radius 2 is 2.11 bits per heavy atom. The van der Waals surface area contributed by atoms with Gasteiger partial charge in [0.2, 0.25) is 0 Å². The lowest BCUT2D eigenvalue weighted by Crippen LogP contribution is -2.22. The lowest BCUT2D eigenvalue weighted by Gasteiger charge is -2.17. The highest BCUT2D eigenvalue weighted by Gasteiger charge is 2.19. The first-order valence-electron chi connectivity index (χ1n) is 6.22. The first kappa shape index (κ1) is 15.5. The molecule has 1 N–H and O–H groups in total. The van der Waals surface area contributed by atoms with Crippen LogP contribution in [0.3, 0.4) is 0 Å². The highest BCUT2D eigenvalue weighted by Crippen LogP contribution is 2.32. The largest absolute Gasteiger partial charge is 0.481 e. The number of carboxylic acids is 1. The molecule has 0 fully saturated rings. The average Bonchev–Trinajstić information content (AvgIpc) is 2.80. The van der Waals surface area contributed by atoms with Gasteiger partial charge >= 0.3 is 11.9 Å². The number of ether oxygens (including phenoxy) is 1. The number of aryl methyl sites for hydroxylation is 1. The van der Waals surface area contributed by atoms with Gasteiger partial charge in [0, 0.05) is 18.5 Å². The van der Waals surface area contributed by atoms with Gasteiger partial charge < -0.3 is 14.7 Å². The number of esters is 1. The van der Waals surface area contributed by atoms with E-state index in [0.29, 0.717) is 18.7 Å². The van der Waals surface area contributed by atoms with Gasteiger partial charge in [-0.25, -0.2) is 4.79 Å². The lowest BCUT2D eigenvalue weighted by atomic mass is 10.2. The average molecular weight is 285 g/mol. The maximum atomic E-state index is 11.9. The van der Waals surface area contributed by atoms with Gasteiger partial charge in [0.25, 0.3) is 0 Å². The van der Waals surface area contributed by atoms with Gasteiger partial charge in [-0.05, 0) is 19.4 Å². The number of rotatable bonds is 7. The van der Waals surface area contributed by atoms with Gasteiger partial charge in [0.1, 0.15) is 5.00 Å². The second-order valence-electron chi connectivity index (χ2n) is 4.07. The fourth-order valence-corrected chi connectivity index (χ4v) is 2.68. The van der Waals surface area contributed by atoms with Crippen LogP contribution in [0.5, 0.6) is 0 Å². The predicted octanol–water partition coefficient (Wildman–Crippen LogP) is 2.40. The molecule has 0 aliphatic heterocycles. The molecule has 106 valence electrons. The standard InChI is InChI=1S/C13H19NO4S/c1-4-9-8-10(13(17)18-5-2)12(19-9)14(3)7-6-11(15)16/h8H,4-7H2,1-3H3,(H,15,16). The first-order chi connectivity index (χ1) is 8.99. The van der Waals surface area contributed by atoms with Crippen molar-refractivity contribution in [1.82, 2.24) is 0 Å². The summed E-state index contributed by atoms with van der Waals surface area (Å²) >= 11 is 1.51. The van der Waals surface area contributed by atoms with Gasteiger partial charge in [-0.15, -0.1) is 11.3 Å². The SMILES string of the molecule is CCOC(=O)c1cc(CC)sc1N(C)CCC(=O)O. The van der Waals surface area contributed by atoms with Crippen LogP contribution < -0.4 is 4.90 Å². The molecule has 1 heterocycles. The first-order valence-corrected chi connectivity index (χ1v) is 7.04. The van der Waals surface area contributed by atoms with Crippen molar-refractivity contribution in [3.05, 3.63) is 16.5 Å². The fraction of sp³-hybridized carbons (Fsp3) is 0.538. The van der Waals surface area contributed by atoms with Gasteiger partial charge in [-0.3, -0.25) is 4.79 Å². The van der Waals surface area contributed by atoms with Gasteiger partial charge in [0.15, 0.2) is 0 Å². The van der Waals surface area contributed by atoms with Gasteiger partial charge in [-0.1, -0.05) is 6.92 Å². The monoisotopic (exact) mass is 285 g/mol. The minimum absolute atomic E-state index is 0.0398. The molecule has 0 saturated carbocycles. The van der Waals surface area contributed by atoms with Gasteiger partial charge in [-0.2, -0.15) is 0 Å². The number of carbonyl (C=O) groups excluding carboxylic acids is 1. The predicted molar refractivity (Wildman–Crippen MR) is 75.2 cm³/mol. The quantitative estimate of drug-likeness (QED) is 0.779. The number of thiophene rings is 1. The van der Waals surface area contributed by atoms with E-state index in [9.17, 15) is 9.59 Å². The molecule has 0 aromatic carbocycles. The summed E-state index contributed by atoms with van der Waals surface area (Å²) in [5.41, 5.74) is 0.525. The Morgan fingerprint density at radius 1 is 1.42 bits per heavy atom. The van der Waals surface area contributed by atoms with Crippen LogP contribution in [0.2, 0.25) is 0 Å². The number of carboxylic acid groups (broad SMARTS) is 1. The second-order valence-corrected chi connectivity index (χ2v) is 5.19. The van der Waals surface area contributed by atoms with Crippen LogP contribution in [0.15, 0.2) is 6.07 Å². The normalized spacial score (nSPS) is 10.3. The summed E-state index contributed by atoms with van der Waals surface area (Å²) in [5, 5.41) is 9.48. The highest BCUT2D eigenvalue weighted by molar-refractivity contribution is 7.16. The van der Waals surface area contributed by atoms with Crippen molar-refractivity contribution in [1.29, 1.82) is 0 Å². The smallest absolute Gasteiger partial charge is 0.341 e. The van der Waals surface area contributed by atoms with Crippen molar-refractivity contribution < 1.29 is 19.4 Å². The molecule has 0 unspecified atom stereocenters. The molecule has 0 aliphatic rings. The number of aliphatic carboxylic acids is 1. The summed E-state index contributed by atoms with van der Waals surface area (Å²) in [4.78, 5) is 25.4. The zero-order valence-corrected chi connectivity index (χ0v) is 12.2. The number of anilines is 1. The summed E-state index contributed by atoms with van der Waals surface area (Å²) in [6, 6.07) is 1.83. The summed E-state index contributed by atoms with van der Waals surface area (Å²) < 4.78 is 5.03. The maximum absolute atomic E-state index is 11.9. The Kier molecular flexibility index (Phi) is 5.82.